The summed E-state index contributed by atoms with van der Waals surface area (Å²) in [7, 11) is 0. The lowest BCUT2D eigenvalue weighted by Gasteiger charge is -2.33. The molecule has 0 saturated heterocycles. The Kier molecular flexibility index (Phi) is 5.08. The third-order valence-electron chi connectivity index (χ3n) is 4.07. The number of hydrogen-bond donors (Lipinski definition) is 0. The van der Waals surface area contributed by atoms with Gasteiger partial charge in [0.1, 0.15) is 5.82 Å². The zero-order chi connectivity index (χ0) is 13.1. The van der Waals surface area contributed by atoms with Crippen molar-refractivity contribution in [2.45, 2.75) is 43.9 Å². The molecule has 1 aromatic carbocycles. The number of benzene rings is 1. The first-order valence-corrected chi connectivity index (χ1v) is 7.97. The second-order valence-corrected chi connectivity index (χ2v) is 6.89. The summed E-state index contributed by atoms with van der Waals surface area (Å²) in [5.74, 6) is 1.20. The molecule has 0 aromatic heterocycles. The van der Waals surface area contributed by atoms with Gasteiger partial charge in [0.2, 0.25) is 0 Å². The van der Waals surface area contributed by atoms with E-state index in [0.717, 1.165) is 17.9 Å². The van der Waals surface area contributed by atoms with Crippen LogP contribution < -0.4 is 0 Å². The highest BCUT2D eigenvalue weighted by Crippen LogP contribution is 2.38. The highest BCUT2D eigenvalue weighted by atomic mass is 79.9. The maximum atomic E-state index is 13.3. The minimum absolute atomic E-state index is 0.191. The smallest absolute Gasteiger partial charge is 0.123 e. The summed E-state index contributed by atoms with van der Waals surface area (Å²) in [6, 6.07) is 4.67. The third-order valence-corrected chi connectivity index (χ3v) is 5.64. The molecule has 1 saturated carbocycles. The van der Waals surface area contributed by atoms with E-state index < -0.39 is 0 Å². The summed E-state index contributed by atoms with van der Waals surface area (Å²) in [5, 5.41) is 0.690. The van der Waals surface area contributed by atoms with Crippen molar-refractivity contribution in [3.05, 3.63) is 34.6 Å². The lowest BCUT2D eigenvalue weighted by Crippen LogP contribution is -2.26. The van der Waals surface area contributed by atoms with E-state index in [-0.39, 0.29) is 5.82 Å². The van der Waals surface area contributed by atoms with Crippen molar-refractivity contribution in [3.8, 4) is 0 Å². The molecule has 1 aromatic rings. The van der Waals surface area contributed by atoms with Gasteiger partial charge in [-0.05, 0) is 61.3 Å². The van der Waals surface area contributed by atoms with Crippen LogP contribution in [0.3, 0.4) is 0 Å². The van der Waals surface area contributed by atoms with Crippen molar-refractivity contribution in [1.82, 2.24) is 0 Å². The van der Waals surface area contributed by atoms with Crippen LogP contribution in [0, 0.1) is 17.7 Å². The summed E-state index contributed by atoms with van der Waals surface area (Å²) >= 11 is 9.93. The Hall–Kier alpha value is -0.0800. The Morgan fingerprint density at radius 3 is 2.89 bits per heavy atom. The van der Waals surface area contributed by atoms with Gasteiger partial charge in [-0.25, -0.2) is 4.39 Å². The van der Waals surface area contributed by atoms with Gasteiger partial charge in [-0.2, -0.15) is 0 Å². The molecule has 2 rings (SSSR count). The first-order valence-electron chi connectivity index (χ1n) is 6.68. The predicted molar refractivity (Wildman–Crippen MR) is 79.0 cm³/mol. The summed E-state index contributed by atoms with van der Waals surface area (Å²) in [6.45, 7) is 2.26. The molecule has 0 N–H and O–H groups in total. The molecule has 0 amide bonds. The monoisotopic (exact) mass is 332 g/mol. The molecule has 1 aliphatic carbocycles. The van der Waals surface area contributed by atoms with Crippen molar-refractivity contribution in [1.29, 1.82) is 0 Å². The Morgan fingerprint density at radius 1 is 1.39 bits per heavy atom. The highest BCUT2D eigenvalue weighted by molar-refractivity contribution is 9.09. The standard InChI is InChI=1S/C15H19BrClF/c1-2-10-3-5-14(16)11(7-10)8-12-9-13(18)4-6-15(12)17/h4,6,9-11,14H,2-3,5,7-8H2,1H3. The largest absolute Gasteiger partial charge is 0.207 e. The van der Waals surface area contributed by atoms with Gasteiger partial charge >= 0.3 is 0 Å². The average molecular weight is 334 g/mol. The van der Waals surface area contributed by atoms with Crippen LogP contribution in [0.15, 0.2) is 18.2 Å². The van der Waals surface area contributed by atoms with Crippen molar-refractivity contribution in [2.75, 3.05) is 0 Å². The first kappa shape index (κ1) is 14.3. The number of alkyl halides is 1. The second kappa shape index (κ2) is 6.38. The highest BCUT2D eigenvalue weighted by Gasteiger charge is 2.28. The van der Waals surface area contributed by atoms with Gasteiger partial charge in [0, 0.05) is 9.85 Å². The second-order valence-electron chi connectivity index (χ2n) is 5.30. The molecule has 1 aliphatic rings. The van der Waals surface area contributed by atoms with Crippen LogP contribution in [0.1, 0.15) is 38.2 Å². The summed E-state index contributed by atoms with van der Waals surface area (Å²) in [6.07, 6.45) is 5.87. The zero-order valence-corrected chi connectivity index (χ0v) is 13.0. The lowest BCUT2D eigenvalue weighted by molar-refractivity contribution is 0.271. The molecule has 3 unspecified atom stereocenters. The molecular formula is C15H19BrClF. The normalized spacial score (nSPS) is 28.3. The molecule has 0 spiro atoms. The van der Waals surface area contributed by atoms with Crippen LogP contribution in [-0.2, 0) is 6.42 Å². The SMILES string of the molecule is CCC1CCC(Br)C(Cc2cc(F)ccc2Cl)C1. The summed E-state index contributed by atoms with van der Waals surface area (Å²) < 4.78 is 13.3. The van der Waals surface area contributed by atoms with Gasteiger partial charge in [-0.15, -0.1) is 0 Å². The molecular weight excluding hydrogens is 315 g/mol. The molecule has 18 heavy (non-hydrogen) atoms. The fourth-order valence-corrected chi connectivity index (χ4v) is 3.75. The predicted octanol–water partition coefficient (Wildman–Crippen LogP) is 5.61. The zero-order valence-electron chi connectivity index (χ0n) is 10.6. The van der Waals surface area contributed by atoms with Crippen LogP contribution in [0.5, 0.6) is 0 Å². The summed E-state index contributed by atoms with van der Waals surface area (Å²) in [5.41, 5.74) is 0.947. The van der Waals surface area contributed by atoms with Crippen LogP contribution in [0.2, 0.25) is 5.02 Å². The van der Waals surface area contributed by atoms with Crippen molar-refractivity contribution in [2.24, 2.45) is 11.8 Å². The van der Waals surface area contributed by atoms with Gasteiger partial charge in [0.05, 0.1) is 0 Å². The molecule has 0 bridgehead atoms. The van der Waals surface area contributed by atoms with Crippen molar-refractivity contribution >= 4 is 27.5 Å². The number of rotatable bonds is 3. The quantitative estimate of drug-likeness (QED) is 0.631. The Bertz CT molecular complexity index is 407. The Balaban J connectivity index is 2.09. The van der Waals surface area contributed by atoms with E-state index in [2.05, 4.69) is 22.9 Å². The van der Waals surface area contributed by atoms with Crippen LogP contribution in [-0.4, -0.2) is 4.83 Å². The van der Waals surface area contributed by atoms with E-state index >= 15 is 0 Å². The molecule has 3 atom stereocenters. The molecule has 1 fully saturated rings. The number of halogens is 3. The molecule has 100 valence electrons. The fraction of sp³-hybridized carbons (Fsp3) is 0.600. The van der Waals surface area contributed by atoms with E-state index in [4.69, 9.17) is 11.6 Å². The van der Waals surface area contributed by atoms with E-state index in [1.807, 2.05) is 0 Å². The van der Waals surface area contributed by atoms with E-state index in [1.165, 1.54) is 31.7 Å². The Morgan fingerprint density at radius 2 is 2.17 bits per heavy atom. The van der Waals surface area contributed by atoms with Crippen LogP contribution in [0.4, 0.5) is 4.39 Å². The third kappa shape index (κ3) is 3.48. The molecule has 0 radical (unpaired) electrons. The number of hydrogen-bond acceptors (Lipinski definition) is 0. The first-order chi connectivity index (χ1) is 8.60. The maximum Gasteiger partial charge on any atom is 0.123 e. The van der Waals surface area contributed by atoms with Crippen LogP contribution in [0.25, 0.3) is 0 Å². The molecule has 0 nitrogen and oxygen atoms in total. The van der Waals surface area contributed by atoms with E-state index in [1.54, 1.807) is 12.1 Å². The topological polar surface area (TPSA) is 0 Å². The van der Waals surface area contributed by atoms with Gasteiger partial charge in [-0.1, -0.05) is 40.9 Å². The summed E-state index contributed by atoms with van der Waals surface area (Å²) in [4.78, 5) is 0.541. The fourth-order valence-electron chi connectivity index (χ4n) is 2.89. The van der Waals surface area contributed by atoms with Crippen molar-refractivity contribution < 1.29 is 4.39 Å². The van der Waals surface area contributed by atoms with Crippen molar-refractivity contribution in [3.63, 3.8) is 0 Å². The average Bonchev–Trinajstić information content (AvgIpc) is 2.36. The Labute approximate surface area is 122 Å². The molecule has 3 heteroatoms. The minimum Gasteiger partial charge on any atom is -0.207 e. The van der Waals surface area contributed by atoms with E-state index in [0.29, 0.717) is 15.8 Å². The van der Waals surface area contributed by atoms with E-state index in [9.17, 15) is 4.39 Å². The molecule has 0 aliphatic heterocycles. The van der Waals surface area contributed by atoms with Gasteiger partial charge in [-0.3, -0.25) is 0 Å². The lowest BCUT2D eigenvalue weighted by atomic mass is 9.77. The van der Waals surface area contributed by atoms with Crippen LogP contribution >= 0.6 is 27.5 Å². The molecule has 0 heterocycles. The van der Waals surface area contributed by atoms with Gasteiger partial charge in [0.15, 0.2) is 0 Å². The minimum atomic E-state index is -0.191. The maximum absolute atomic E-state index is 13.3. The van der Waals surface area contributed by atoms with Gasteiger partial charge in [0.25, 0.3) is 0 Å². The van der Waals surface area contributed by atoms with Gasteiger partial charge < -0.3 is 0 Å².